The number of hydrogen-bond donors (Lipinski definition) is 3. The average Bonchev–Trinajstić information content (AvgIpc) is 2.67. The van der Waals surface area contributed by atoms with Crippen molar-refractivity contribution in [2.45, 2.75) is 71.3 Å². The Bertz CT molecular complexity index is 627. The molecule has 2 rings (SSSR count). The summed E-state index contributed by atoms with van der Waals surface area (Å²) in [4.78, 5) is 4.52. The maximum absolute atomic E-state index is 12.8. The Labute approximate surface area is 188 Å². The van der Waals surface area contributed by atoms with Gasteiger partial charge >= 0.3 is 6.61 Å². The normalized spacial score (nSPS) is 19.4. The maximum Gasteiger partial charge on any atom is 0.387 e. The van der Waals surface area contributed by atoms with E-state index in [0.717, 1.165) is 32.1 Å². The molecule has 0 aliphatic heterocycles. The zero-order valence-corrected chi connectivity index (χ0v) is 19.3. The van der Waals surface area contributed by atoms with Crippen molar-refractivity contribution in [2.24, 2.45) is 4.99 Å². The van der Waals surface area contributed by atoms with E-state index in [-0.39, 0.29) is 48.4 Å². The molecule has 0 heterocycles. The number of ether oxygens (including phenoxy) is 2. The number of halogens is 3. The van der Waals surface area contributed by atoms with Crippen molar-refractivity contribution in [3.05, 3.63) is 23.8 Å². The first-order chi connectivity index (χ1) is 13.5. The molecule has 0 spiro atoms. The van der Waals surface area contributed by atoms with Gasteiger partial charge in [-0.05, 0) is 51.2 Å². The minimum atomic E-state index is -2.91. The van der Waals surface area contributed by atoms with Crippen molar-refractivity contribution in [3.63, 3.8) is 0 Å². The molecule has 3 N–H and O–H groups in total. The smallest absolute Gasteiger partial charge is 0.387 e. The molecule has 1 aromatic rings. The standard InChI is InChI=1S/C20H31F2N3O3.HI/c1-3-11-27-17-10-5-14(18(12-17)28-19(21)22)13-24-20(23-4-2)25-15-6-8-16(26)9-7-15;/h5,10,12,15-16,19,26H,3-4,6-9,11,13H2,1-2H3,(H2,23,24,25);1H. The Morgan fingerprint density at radius 1 is 1.24 bits per heavy atom. The third-order valence-corrected chi connectivity index (χ3v) is 4.52. The maximum atomic E-state index is 12.8. The third-order valence-electron chi connectivity index (χ3n) is 4.52. The highest BCUT2D eigenvalue weighted by Crippen LogP contribution is 2.27. The van der Waals surface area contributed by atoms with E-state index in [1.165, 1.54) is 6.07 Å². The highest BCUT2D eigenvalue weighted by Gasteiger charge is 2.20. The average molecular weight is 527 g/mol. The van der Waals surface area contributed by atoms with Gasteiger partial charge in [-0.25, -0.2) is 4.99 Å². The van der Waals surface area contributed by atoms with Crippen LogP contribution < -0.4 is 20.1 Å². The molecule has 0 atom stereocenters. The van der Waals surface area contributed by atoms with Crippen LogP contribution in [0.3, 0.4) is 0 Å². The van der Waals surface area contributed by atoms with Gasteiger partial charge in [-0.15, -0.1) is 24.0 Å². The minimum absolute atomic E-state index is 0. The van der Waals surface area contributed by atoms with E-state index in [2.05, 4.69) is 20.4 Å². The van der Waals surface area contributed by atoms with Crippen LogP contribution in [0, 0.1) is 0 Å². The van der Waals surface area contributed by atoms with Crippen LogP contribution >= 0.6 is 24.0 Å². The van der Waals surface area contributed by atoms with Gasteiger partial charge in [0.25, 0.3) is 0 Å². The predicted octanol–water partition coefficient (Wildman–Crippen LogP) is 4.05. The Balaban J connectivity index is 0.00000420. The molecule has 29 heavy (non-hydrogen) atoms. The molecule has 0 bridgehead atoms. The lowest BCUT2D eigenvalue weighted by Gasteiger charge is -2.27. The van der Waals surface area contributed by atoms with Crippen LogP contribution in [-0.4, -0.2) is 43.0 Å². The molecule has 9 heteroatoms. The summed E-state index contributed by atoms with van der Waals surface area (Å²) < 4.78 is 35.8. The lowest BCUT2D eigenvalue weighted by Crippen LogP contribution is -2.45. The van der Waals surface area contributed by atoms with Crippen molar-refractivity contribution < 1.29 is 23.4 Å². The lowest BCUT2D eigenvalue weighted by atomic mass is 9.93. The second kappa shape index (κ2) is 13.8. The number of benzene rings is 1. The van der Waals surface area contributed by atoms with Gasteiger partial charge in [-0.3, -0.25) is 0 Å². The van der Waals surface area contributed by atoms with Crippen molar-refractivity contribution in [3.8, 4) is 11.5 Å². The molecular weight excluding hydrogens is 495 g/mol. The zero-order chi connectivity index (χ0) is 20.4. The number of aliphatic imine (C=N–C) groups is 1. The number of alkyl halides is 2. The topological polar surface area (TPSA) is 75.1 Å². The zero-order valence-electron chi connectivity index (χ0n) is 17.0. The van der Waals surface area contributed by atoms with Gasteiger partial charge in [0.15, 0.2) is 5.96 Å². The molecule has 1 saturated carbocycles. The van der Waals surface area contributed by atoms with Crippen LogP contribution in [0.5, 0.6) is 11.5 Å². The van der Waals surface area contributed by atoms with Gasteiger partial charge in [0.05, 0.1) is 19.3 Å². The monoisotopic (exact) mass is 527 g/mol. The first-order valence-corrected chi connectivity index (χ1v) is 9.95. The molecule has 1 aliphatic carbocycles. The number of aliphatic hydroxyl groups is 1. The number of rotatable bonds is 9. The van der Waals surface area contributed by atoms with E-state index in [0.29, 0.717) is 30.4 Å². The number of aliphatic hydroxyl groups excluding tert-OH is 1. The number of guanidine groups is 1. The van der Waals surface area contributed by atoms with Gasteiger partial charge in [0.1, 0.15) is 11.5 Å². The van der Waals surface area contributed by atoms with E-state index < -0.39 is 6.61 Å². The van der Waals surface area contributed by atoms with Gasteiger partial charge in [-0.2, -0.15) is 8.78 Å². The summed E-state index contributed by atoms with van der Waals surface area (Å²) in [6, 6.07) is 5.16. The summed E-state index contributed by atoms with van der Waals surface area (Å²) in [6.07, 6.45) is 3.88. The number of hydrogen-bond acceptors (Lipinski definition) is 4. The molecule has 0 unspecified atom stereocenters. The van der Waals surface area contributed by atoms with Crippen molar-refractivity contribution in [1.29, 1.82) is 0 Å². The summed E-state index contributed by atoms with van der Waals surface area (Å²) in [5.74, 6) is 1.19. The van der Waals surface area contributed by atoms with Gasteiger partial charge in [0.2, 0.25) is 0 Å². The number of nitrogens with zero attached hydrogens (tertiary/aromatic N) is 1. The van der Waals surface area contributed by atoms with E-state index in [4.69, 9.17) is 4.74 Å². The minimum Gasteiger partial charge on any atom is -0.493 e. The fraction of sp³-hybridized carbons (Fsp3) is 0.650. The Kier molecular flexibility index (Phi) is 12.2. The molecule has 1 aliphatic rings. The second-order valence-corrected chi connectivity index (χ2v) is 6.84. The molecule has 1 aromatic carbocycles. The summed E-state index contributed by atoms with van der Waals surface area (Å²) >= 11 is 0. The van der Waals surface area contributed by atoms with E-state index in [9.17, 15) is 13.9 Å². The van der Waals surface area contributed by atoms with Gasteiger partial charge < -0.3 is 25.2 Å². The summed E-state index contributed by atoms with van der Waals surface area (Å²) in [5.41, 5.74) is 0.556. The van der Waals surface area contributed by atoms with Crippen LogP contribution in [0.2, 0.25) is 0 Å². The summed E-state index contributed by atoms with van der Waals surface area (Å²) in [5, 5.41) is 16.2. The molecule has 1 fully saturated rings. The van der Waals surface area contributed by atoms with Crippen LogP contribution in [0.4, 0.5) is 8.78 Å². The first kappa shape index (κ1) is 25.7. The Hall–Kier alpha value is -1.36. The predicted molar refractivity (Wildman–Crippen MR) is 120 cm³/mol. The van der Waals surface area contributed by atoms with Crippen LogP contribution in [0.1, 0.15) is 51.5 Å². The molecule has 0 amide bonds. The fourth-order valence-electron chi connectivity index (χ4n) is 3.08. The highest BCUT2D eigenvalue weighted by molar-refractivity contribution is 14.0. The van der Waals surface area contributed by atoms with Crippen LogP contribution in [0.15, 0.2) is 23.2 Å². The van der Waals surface area contributed by atoms with Crippen LogP contribution in [0.25, 0.3) is 0 Å². The second-order valence-electron chi connectivity index (χ2n) is 6.84. The number of nitrogens with one attached hydrogen (secondary N) is 2. The lowest BCUT2D eigenvalue weighted by molar-refractivity contribution is -0.0505. The molecule has 6 nitrogen and oxygen atoms in total. The summed E-state index contributed by atoms with van der Waals surface area (Å²) in [7, 11) is 0. The van der Waals surface area contributed by atoms with E-state index >= 15 is 0 Å². The third kappa shape index (κ3) is 9.33. The van der Waals surface area contributed by atoms with Crippen molar-refractivity contribution >= 4 is 29.9 Å². The Morgan fingerprint density at radius 2 is 1.97 bits per heavy atom. The quantitative estimate of drug-likeness (QED) is 0.257. The van der Waals surface area contributed by atoms with Crippen molar-refractivity contribution in [2.75, 3.05) is 13.2 Å². The molecule has 0 radical (unpaired) electrons. The van der Waals surface area contributed by atoms with Crippen LogP contribution in [-0.2, 0) is 6.54 Å². The molecule has 0 aromatic heterocycles. The SMILES string of the molecule is CCCOc1ccc(CN=C(NCC)NC2CCC(O)CC2)c(OC(F)F)c1.I. The van der Waals surface area contributed by atoms with E-state index in [1.807, 2.05) is 13.8 Å². The van der Waals surface area contributed by atoms with Crippen molar-refractivity contribution in [1.82, 2.24) is 10.6 Å². The molecule has 166 valence electrons. The first-order valence-electron chi connectivity index (χ1n) is 9.95. The Morgan fingerprint density at radius 3 is 2.59 bits per heavy atom. The molecular formula is C20H32F2IN3O3. The largest absolute Gasteiger partial charge is 0.493 e. The van der Waals surface area contributed by atoms with E-state index in [1.54, 1.807) is 12.1 Å². The highest BCUT2D eigenvalue weighted by atomic mass is 127. The molecule has 0 saturated heterocycles. The summed E-state index contributed by atoms with van der Waals surface area (Å²) in [6.45, 7) is 2.42. The van der Waals surface area contributed by atoms with Gasteiger partial charge in [-0.1, -0.05) is 6.92 Å². The fourth-order valence-corrected chi connectivity index (χ4v) is 3.08. The van der Waals surface area contributed by atoms with Gasteiger partial charge in [0, 0.05) is 24.2 Å².